The van der Waals surface area contributed by atoms with Gasteiger partial charge in [0.2, 0.25) is 0 Å². The third-order valence-corrected chi connectivity index (χ3v) is 8.07. The summed E-state index contributed by atoms with van der Waals surface area (Å²) in [5, 5.41) is 7.20. The van der Waals surface area contributed by atoms with Crippen LogP contribution in [0.5, 0.6) is 0 Å². The minimum atomic E-state index is -0.529. The number of rotatable bonds is 7. The molecule has 1 heterocycles. The second-order valence-corrected chi connectivity index (χ2v) is 9.27. The maximum Gasteiger partial charge on any atom is 0.0830 e. The summed E-state index contributed by atoms with van der Waals surface area (Å²) in [5.74, 6) is 0. The van der Waals surface area contributed by atoms with E-state index in [0.717, 1.165) is 6.42 Å². The van der Waals surface area contributed by atoms with Crippen LogP contribution in [0.2, 0.25) is 0 Å². The Kier molecular flexibility index (Phi) is 7.00. The van der Waals surface area contributed by atoms with Gasteiger partial charge in [-0.25, -0.2) is 0 Å². The molecule has 4 aromatic rings. The van der Waals surface area contributed by atoms with Crippen LogP contribution in [0, 0.1) is 0 Å². The lowest BCUT2D eigenvalue weighted by atomic mass is 10.0. The largest absolute Gasteiger partial charge is 0.377 e. The van der Waals surface area contributed by atoms with Crippen LogP contribution in [0.3, 0.4) is 0 Å². The fourth-order valence-electron chi connectivity index (χ4n) is 4.13. The highest BCUT2D eigenvalue weighted by molar-refractivity contribution is 7.68. The highest BCUT2D eigenvalue weighted by atomic mass is 31.1. The molecule has 0 aliphatic heterocycles. The lowest BCUT2D eigenvalue weighted by Crippen LogP contribution is -2.01. The van der Waals surface area contributed by atoms with Gasteiger partial charge in [-0.15, -0.1) is 0 Å². The van der Waals surface area contributed by atoms with E-state index in [1.807, 2.05) is 7.11 Å². The maximum absolute atomic E-state index is 6.00. The molecule has 0 N–H and O–H groups in total. The Labute approximate surface area is 171 Å². The Balaban J connectivity index is 0.00000225. The van der Waals surface area contributed by atoms with Crippen molar-refractivity contribution in [1.82, 2.24) is 0 Å². The van der Waals surface area contributed by atoms with Crippen molar-refractivity contribution in [2.24, 2.45) is 0 Å². The van der Waals surface area contributed by atoms with E-state index in [4.69, 9.17) is 4.74 Å². The molecule has 2 atom stereocenters. The van der Waals surface area contributed by atoms with Crippen LogP contribution in [-0.2, 0) is 4.74 Å². The molecule has 28 heavy (non-hydrogen) atoms. The topological polar surface area (TPSA) is 9.23 Å². The van der Waals surface area contributed by atoms with Gasteiger partial charge in [-0.1, -0.05) is 107 Å². The first-order chi connectivity index (χ1) is 13.3. The van der Waals surface area contributed by atoms with E-state index < -0.39 is 7.53 Å². The van der Waals surface area contributed by atoms with E-state index in [0.29, 0.717) is 0 Å². The fourth-order valence-corrected chi connectivity index (χ4v) is 6.96. The molecule has 141 valence electrons. The first-order valence-corrected chi connectivity index (χ1v) is 11.3. The summed E-state index contributed by atoms with van der Waals surface area (Å²) in [6.45, 7) is 2.26. The number of methoxy groups -OCH3 is 1. The van der Waals surface area contributed by atoms with Gasteiger partial charge in [-0.2, -0.15) is 0 Å². The van der Waals surface area contributed by atoms with E-state index in [2.05, 4.69) is 79.7 Å². The van der Waals surface area contributed by atoms with Gasteiger partial charge in [-0.05, 0) is 28.1 Å². The number of benzene rings is 3. The summed E-state index contributed by atoms with van der Waals surface area (Å²) in [5.41, 5.74) is 1.39. The Bertz CT molecular complexity index is 1040. The Morgan fingerprint density at radius 3 is 2.29 bits per heavy atom. The first kappa shape index (κ1) is 20.7. The molecule has 0 spiro atoms. The number of hydrogen-bond acceptors (Lipinski definition) is 1. The highest BCUT2D eigenvalue weighted by Crippen LogP contribution is 2.57. The average molecular weight is 385 g/mol. The first-order valence-electron chi connectivity index (χ1n) is 9.95. The molecule has 4 rings (SSSR count). The summed E-state index contributed by atoms with van der Waals surface area (Å²) in [6, 6.07) is 26.7. The quantitative estimate of drug-likeness (QED) is 0.232. The van der Waals surface area contributed by atoms with Gasteiger partial charge < -0.3 is 4.74 Å². The minimum Gasteiger partial charge on any atom is -0.377 e. The predicted molar refractivity (Wildman–Crippen MR) is 125 cm³/mol. The molecule has 3 radical (unpaired) electrons. The Morgan fingerprint density at radius 2 is 1.54 bits per heavy atom. The third-order valence-electron chi connectivity index (χ3n) is 5.44. The monoisotopic (exact) mass is 385 g/mol. The van der Waals surface area contributed by atoms with Gasteiger partial charge in [0.05, 0.1) is 6.10 Å². The van der Waals surface area contributed by atoms with Gasteiger partial charge in [0.15, 0.2) is 0 Å². The third kappa shape index (κ3) is 3.77. The molecule has 0 aliphatic rings. The van der Waals surface area contributed by atoms with Crippen LogP contribution < -0.4 is 0 Å². The minimum absolute atomic E-state index is 0. The smallest absolute Gasteiger partial charge is 0.0830 e. The van der Waals surface area contributed by atoms with E-state index in [1.165, 1.54) is 51.1 Å². The molecule has 0 saturated heterocycles. The molecule has 0 bridgehead atoms. The molecule has 1 nitrogen and oxygen atoms in total. The van der Waals surface area contributed by atoms with Crippen LogP contribution >= 0.6 is 7.53 Å². The fraction of sp³-hybridized carbons (Fsp3) is 0.280. The van der Waals surface area contributed by atoms with Gasteiger partial charge in [0.25, 0.3) is 0 Å². The van der Waals surface area contributed by atoms with E-state index >= 15 is 0 Å². The second kappa shape index (κ2) is 9.46. The average Bonchev–Trinajstić information content (AvgIpc) is 3.07. The Hall–Kier alpha value is -2.02. The van der Waals surface area contributed by atoms with Crippen LogP contribution in [0.15, 0.2) is 72.8 Å². The number of fused-ring (bicyclic) bond motifs is 3. The van der Waals surface area contributed by atoms with Gasteiger partial charge in [-0.3, -0.25) is 0 Å². The molecule has 3 aromatic carbocycles. The SMILES string of the molecule is CCCCCC(OC)c1cccc2c3ccccc3p(-c3ccccc3)c12.[B]. The summed E-state index contributed by atoms with van der Waals surface area (Å²) in [7, 11) is 1.33. The number of ether oxygens (including phenoxy) is 1. The normalized spacial score (nSPS) is 12.9. The standard InChI is InChI=1S/C25H27OP.B/c1-3-4-6-17-23(26-2)22-16-11-15-21-20-14-9-10-18-24(20)27(25(21)22)19-12-7-5-8-13-19;/h5,7-16,18,23H,3-4,6,17H2,1-2H3;. The molecule has 0 fully saturated rings. The van der Waals surface area contributed by atoms with E-state index in [1.54, 1.807) is 0 Å². The van der Waals surface area contributed by atoms with Crippen molar-refractivity contribution < 1.29 is 4.74 Å². The van der Waals surface area contributed by atoms with Gasteiger partial charge >= 0.3 is 0 Å². The van der Waals surface area contributed by atoms with Crippen LogP contribution in [-0.4, -0.2) is 15.5 Å². The lowest BCUT2D eigenvalue weighted by Gasteiger charge is -2.18. The lowest BCUT2D eigenvalue weighted by molar-refractivity contribution is 0.0945. The predicted octanol–water partition coefficient (Wildman–Crippen LogP) is 7.86. The number of hydrogen-bond donors (Lipinski definition) is 0. The molecular formula is C25H27BOP. The zero-order valence-electron chi connectivity index (χ0n) is 16.8. The molecule has 0 aliphatic carbocycles. The van der Waals surface area contributed by atoms with Crippen molar-refractivity contribution in [3.8, 4) is 5.30 Å². The second-order valence-electron chi connectivity index (χ2n) is 7.15. The van der Waals surface area contributed by atoms with Gasteiger partial charge in [0, 0.05) is 25.8 Å². The van der Waals surface area contributed by atoms with Gasteiger partial charge in [0.1, 0.15) is 0 Å². The molecule has 3 heteroatoms. The van der Waals surface area contributed by atoms with Crippen LogP contribution in [0.25, 0.3) is 26.3 Å². The van der Waals surface area contributed by atoms with E-state index in [-0.39, 0.29) is 14.5 Å². The summed E-state index contributed by atoms with van der Waals surface area (Å²) < 4.78 is 6.00. The summed E-state index contributed by atoms with van der Waals surface area (Å²) >= 11 is 0. The highest BCUT2D eigenvalue weighted by Gasteiger charge is 2.20. The van der Waals surface area contributed by atoms with Crippen molar-refractivity contribution in [2.45, 2.75) is 38.7 Å². The van der Waals surface area contributed by atoms with Crippen molar-refractivity contribution in [3.05, 3.63) is 78.4 Å². The van der Waals surface area contributed by atoms with Crippen molar-refractivity contribution >= 4 is 37.0 Å². The molecule has 0 amide bonds. The molecular weight excluding hydrogens is 358 g/mol. The van der Waals surface area contributed by atoms with Crippen LogP contribution in [0.4, 0.5) is 0 Å². The zero-order valence-corrected chi connectivity index (χ0v) is 17.7. The summed E-state index contributed by atoms with van der Waals surface area (Å²) in [6.07, 6.45) is 4.99. The maximum atomic E-state index is 6.00. The van der Waals surface area contributed by atoms with Crippen molar-refractivity contribution in [2.75, 3.05) is 7.11 Å². The summed E-state index contributed by atoms with van der Waals surface area (Å²) in [4.78, 5) is 0. The van der Waals surface area contributed by atoms with Crippen LogP contribution in [0.1, 0.15) is 44.3 Å². The van der Waals surface area contributed by atoms with Crippen molar-refractivity contribution in [3.63, 3.8) is 0 Å². The van der Waals surface area contributed by atoms with E-state index in [9.17, 15) is 0 Å². The molecule has 0 saturated carbocycles. The Morgan fingerprint density at radius 1 is 0.821 bits per heavy atom. The molecule has 1 aromatic heterocycles. The zero-order chi connectivity index (χ0) is 18.6. The van der Waals surface area contributed by atoms with Crippen molar-refractivity contribution in [1.29, 1.82) is 0 Å². The molecule has 2 unspecified atom stereocenters. The number of unbranched alkanes of at least 4 members (excludes halogenated alkanes) is 2.